The molecule has 0 aliphatic heterocycles. The van der Waals surface area contributed by atoms with Crippen molar-refractivity contribution in [2.24, 2.45) is 0 Å². The Kier molecular flexibility index (Phi) is 4.90. The maximum Gasteiger partial charge on any atom is 0.168 e. The highest BCUT2D eigenvalue weighted by molar-refractivity contribution is 7.80. The van der Waals surface area contributed by atoms with Crippen LogP contribution in [0.25, 0.3) is 0 Å². The molecule has 0 aliphatic carbocycles. The second-order valence-electron chi connectivity index (χ2n) is 3.22. The third kappa shape index (κ3) is 3.64. The fourth-order valence-corrected chi connectivity index (χ4v) is 1.92. The van der Waals surface area contributed by atoms with Crippen molar-refractivity contribution < 1.29 is 0 Å². The molecule has 1 heterocycles. The molecule has 0 fully saturated rings. The van der Waals surface area contributed by atoms with E-state index in [1.807, 2.05) is 7.05 Å². The van der Waals surface area contributed by atoms with Crippen molar-refractivity contribution in [3.05, 3.63) is 22.4 Å². The molecule has 14 heavy (non-hydrogen) atoms. The van der Waals surface area contributed by atoms with Crippen molar-refractivity contribution in [2.75, 3.05) is 13.6 Å². The standard InChI is InChI=1S/C10H16N2S2/c1-3-5-11-10(13)12(2)7-9-4-6-14-8-9/h4,6,8H,3,5,7H2,1-2H3,(H,11,13). The van der Waals surface area contributed by atoms with Crippen LogP contribution in [0.1, 0.15) is 18.9 Å². The molecule has 0 saturated heterocycles. The van der Waals surface area contributed by atoms with Crippen molar-refractivity contribution in [3.63, 3.8) is 0 Å². The lowest BCUT2D eigenvalue weighted by atomic mass is 10.3. The molecule has 1 aromatic heterocycles. The summed E-state index contributed by atoms with van der Waals surface area (Å²) in [5.74, 6) is 0. The van der Waals surface area contributed by atoms with E-state index >= 15 is 0 Å². The summed E-state index contributed by atoms with van der Waals surface area (Å²) < 4.78 is 0. The summed E-state index contributed by atoms with van der Waals surface area (Å²) in [6.07, 6.45) is 1.10. The molecule has 0 unspecified atom stereocenters. The second-order valence-corrected chi connectivity index (χ2v) is 4.39. The van der Waals surface area contributed by atoms with E-state index in [2.05, 4.69) is 34.0 Å². The zero-order chi connectivity index (χ0) is 10.4. The fraction of sp³-hybridized carbons (Fsp3) is 0.500. The van der Waals surface area contributed by atoms with Gasteiger partial charge >= 0.3 is 0 Å². The Hall–Kier alpha value is -0.610. The quantitative estimate of drug-likeness (QED) is 0.797. The van der Waals surface area contributed by atoms with E-state index in [9.17, 15) is 0 Å². The summed E-state index contributed by atoms with van der Waals surface area (Å²) in [5, 5.41) is 8.28. The van der Waals surface area contributed by atoms with Crippen LogP contribution in [0.3, 0.4) is 0 Å². The first kappa shape index (κ1) is 11.5. The number of nitrogens with zero attached hydrogens (tertiary/aromatic N) is 1. The van der Waals surface area contributed by atoms with Gasteiger partial charge in [-0.1, -0.05) is 6.92 Å². The third-order valence-corrected chi connectivity index (χ3v) is 3.06. The van der Waals surface area contributed by atoms with E-state index in [0.29, 0.717) is 0 Å². The fourth-order valence-electron chi connectivity index (χ4n) is 1.10. The monoisotopic (exact) mass is 228 g/mol. The van der Waals surface area contributed by atoms with Crippen LogP contribution in [0, 0.1) is 0 Å². The van der Waals surface area contributed by atoms with Crippen LogP contribution >= 0.6 is 23.6 Å². The molecule has 1 N–H and O–H groups in total. The van der Waals surface area contributed by atoms with Gasteiger partial charge in [0.15, 0.2) is 5.11 Å². The summed E-state index contributed by atoms with van der Waals surface area (Å²) in [6.45, 7) is 3.97. The van der Waals surface area contributed by atoms with Gasteiger partial charge in [0.05, 0.1) is 0 Å². The minimum atomic E-state index is 0.832. The van der Waals surface area contributed by atoms with Gasteiger partial charge in [-0.25, -0.2) is 0 Å². The minimum absolute atomic E-state index is 0.832. The molecule has 2 nitrogen and oxygen atoms in total. The van der Waals surface area contributed by atoms with Gasteiger partial charge in [0.1, 0.15) is 0 Å². The lowest BCUT2D eigenvalue weighted by Crippen LogP contribution is -2.36. The molecule has 1 aromatic rings. The average molecular weight is 228 g/mol. The Balaban J connectivity index is 2.34. The smallest absolute Gasteiger partial charge is 0.168 e. The molecular formula is C10H16N2S2. The predicted octanol–water partition coefficient (Wildman–Crippen LogP) is 2.46. The number of thiocarbonyl (C=S) groups is 1. The van der Waals surface area contributed by atoms with Crippen molar-refractivity contribution in [1.29, 1.82) is 0 Å². The van der Waals surface area contributed by atoms with E-state index in [-0.39, 0.29) is 0 Å². The van der Waals surface area contributed by atoms with Crippen molar-refractivity contribution in [2.45, 2.75) is 19.9 Å². The molecule has 0 saturated carbocycles. The van der Waals surface area contributed by atoms with Crippen LogP contribution in [0.15, 0.2) is 16.8 Å². The Morgan fingerprint density at radius 1 is 1.64 bits per heavy atom. The summed E-state index contributed by atoms with van der Waals surface area (Å²) in [6, 6.07) is 2.13. The van der Waals surface area contributed by atoms with E-state index < -0.39 is 0 Å². The maximum atomic E-state index is 5.23. The largest absolute Gasteiger partial charge is 0.363 e. The highest BCUT2D eigenvalue weighted by Crippen LogP contribution is 2.08. The van der Waals surface area contributed by atoms with Crippen LogP contribution in [0.4, 0.5) is 0 Å². The highest BCUT2D eigenvalue weighted by atomic mass is 32.1. The first-order valence-corrected chi connectivity index (χ1v) is 6.09. The predicted molar refractivity (Wildman–Crippen MR) is 66.7 cm³/mol. The summed E-state index contributed by atoms with van der Waals surface area (Å²) in [7, 11) is 2.02. The van der Waals surface area contributed by atoms with Gasteiger partial charge in [-0.2, -0.15) is 11.3 Å². The van der Waals surface area contributed by atoms with Gasteiger partial charge in [-0.05, 0) is 41.0 Å². The van der Waals surface area contributed by atoms with Crippen molar-refractivity contribution in [1.82, 2.24) is 10.2 Å². The molecule has 78 valence electrons. The molecule has 0 amide bonds. The number of rotatable bonds is 4. The summed E-state index contributed by atoms with van der Waals surface area (Å²) >= 11 is 6.95. The highest BCUT2D eigenvalue weighted by Gasteiger charge is 2.03. The lowest BCUT2D eigenvalue weighted by Gasteiger charge is -2.20. The molecule has 1 rings (SSSR count). The van der Waals surface area contributed by atoms with E-state index in [1.54, 1.807) is 11.3 Å². The Bertz CT molecular complexity index is 270. The Morgan fingerprint density at radius 3 is 3.00 bits per heavy atom. The SMILES string of the molecule is CCCNC(=S)N(C)Cc1ccsc1. The van der Waals surface area contributed by atoms with E-state index in [1.165, 1.54) is 5.56 Å². The van der Waals surface area contributed by atoms with Gasteiger partial charge in [-0.15, -0.1) is 0 Å². The van der Waals surface area contributed by atoms with Crippen LogP contribution in [-0.2, 0) is 6.54 Å². The maximum absolute atomic E-state index is 5.23. The van der Waals surface area contributed by atoms with Crippen molar-refractivity contribution >= 4 is 28.7 Å². The van der Waals surface area contributed by atoms with Crippen molar-refractivity contribution in [3.8, 4) is 0 Å². The molecule has 0 radical (unpaired) electrons. The Labute approximate surface area is 94.9 Å². The zero-order valence-electron chi connectivity index (χ0n) is 8.62. The topological polar surface area (TPSA) is 15.3 Å². The van der Waals surface area contributed by atoms with Gasteiger partial charge in [0.2, 0.25) is 0 Å². The van der Waals surface area contributed by atoms with Gasteiger partial charge in [-0.3, -0.25) is 0 Å². The number of hydrogen-bond donors (Lipinski definition) is 1. The number of thiophene rings is 1. The van der Waals surface area contributed by atoms with Gasteiger partial charge in [0, 0.05) is 20.1 Å². The normalized spacial score (nSPS) is 9.86. The van der Waals surface area contributed by atoms with Crippen LogP contribution in [0.2, 0.25) is 0 Å². The first-order valence-electron chi connectivity index (χ1n) is 4.74. The van der Waals surface area contributed by atoms with Crippen LogP contribution in [0.5, 0.6) is 0 Å². The second kappa shape index (κ2) is 5.98. The lowest BCUT2D eigenvalue weighted by molar-refractivity contribution is 0.490. The summed E-state index contributed by atoms with van der Waals surface area (Å²) in [4.78, 5) is 2.06. The Morgan fingerprint density at radius 2 is 2.43 bits per heavy atom. The summed E-state index contributed by atoms with van der Waals surface area (Å²) in [5.41, 5.74) is 1.32. The van der Waals surface area contributed by atoms with E-state index in [4.69, 9.17) is 12.2 Å². The van der Waals surface area contributed by atoms with E-state index in [0.717, 1.165) is 24.6 Å². The molecule has 0 bridgehead atoms. The van der Waals surface area contributed by atoms with Crippen LogP contribution in [-0.4, -0.2) is 23.6 Å². The van der Waals surface area contributed by atoms with Gasteiger partial charge < -0.3 is 10.2 Å². The molecule has 0 atom stereocenters. The molecule has 0 aliphatic rings. The van der Waals surface area contributed by atoms with Crippen LogP contribution < -0.4 is 5.32 Å². The minimum Gasteiger partial charge on any atom is -0.363 e. The van der Waals surface area contributed by atoms with Gasteiger partial charge in [0.25, 0.3) is 0 Å². The molecule has 0 spiro atoms. The average Bonchev–Trinajstić information content (AvgIpc) is 2.66. The molecule has 0 aromatic carbocycles. The third-order valence-electron chi connectivity index (χ3n) is 1.87. The number of nitrogens with one attached hydrogen (secondary N) is 1. The zero-order valence-corrected chi connectivity index (χ0v) is 10.3. The molecular weight excluding hydrogens is 212 g/mol. The molecule has 4 heteroatoms. The number of hydrogen-bond acceptors (Lipinski definition) is 2. The first-order chi connectivity index (χ1) is 6.74.